The van der Waals surface area contributed by atoms with E-state index in [1.807, 2.05) is 36.4 Å². The molecule has 3 aromatic rings. The van der Waals surface area contributed by atoms with Crippen LogP contribution in [0, 0.1) is 17.2 Å². The molecule has 1 N–H and O–H groups in total. The number of benzene rings is 2. The molecule has 36 heavy (non-hydrogen) atoms. The van der Waals surface area contributed by atoms with Gasteiger partial charge in [0.05, 0.1) is 10.6 Å². The second-order valence-corrected chi connectivity index (χ2v) is 10.8. The predicted octanol–water partition coefficient (Wildman–Crippen LogP) is 4.00. The zero-order valence-corrected chi connectivity index (χ0v) is 21.2. The van der Waals surface area contributed by atoms with Gasteiger partial charge in [0.15, 0.2) is 0 Å². The summed E-state index contributed by atoms with van der Waals surface area (Å²) < 4.78 is 30.0. The lowest BCUT2D eigenvalue weighted by atomic mass is 10.0. The molecule has 1 atom stereocenters. The lowest BCUT2D eigenvalue weighted by Crippen LogP contribution is -2.39. The fraction of sp³-hybridized carbons (Fsp3) is 0.296. The van der Waals surface area contributed by atoms with Gasteiger partial charge in [0.1, 0.15) is 17.3 Å². The van der Waals surface area contributed by atoms with Crippen LogP contribution in [0.2, 0.25) is 0 Å². The van der Waals surface area contributed by atoms with Crippen LogP contribution in [-0.4, -0.2) is 48.0 Å². The van der Waals surface area contributed by atoms with E-state index in [2.05, 4.69) is 12.2 Å². The zero-order valence-electron chi connectivity index (χ0n) is 20.4. The van der Waals surface area contributed by atoms with E-state index in [4.69, 9.17) is 5.10 Å². The van der Waals surface area contributed by atoms with Crippen molar-refractivity contribution in [3.8, 4) is 23.0 Å². The molecule has 1 aromatic heterocycles. The topological polar surface area (TPSA) is 108 Å². The molecule has 1 aliphatic rings. The first-order chi connectivity index (χ1) is 17.3. The molecule has 8 nitrogen and oxygen atoms in total. The van der Waals surface area contributed by atoms with E-state index in [1.54, 1.807) is 46.4 Å². The van der Waals surface area contributed by atoms with E-state index < -0.39 is 15.9 Å². The van der Waals surface area contributed by atoms with Crippen molar-refractivity contribution in [2.45, 2.75) is 31.6 Å². The second kappa shape index (κ2) is 10.9. The van der Waals surface area contributed by atoms with Gasteiger partial charge in [-0.2, -0.15) is 14.7 Å². The number of nitriles is 1. The number of para-hydroxylation sites is 1. The molecular weight excluding hydrogens is 474 g/mol. The summed E-state index contributed by atoms with van der Waals surface area (Å²) in [7, 11) is -3.67. The van der Waals surface area contributed by atoms with Crippen LogP contribution in [0.5, 0.6) is 0 Å². The highest BCUT2D eigenvalue weighted by Crippen LogP contribution is 2.30. The highest BCUT2D eigenvalue weighted by Gasteiger charge is 2.29. The van der Waals surface area contributed by atoms with Crippen molar-refractivity contribution in [3.63, 3.8) is 0 Å². The minimum atomic E-state index is -3.67. The summed E-state index contributed by atoms with van der Waals surface area (Å²) in [6, 6.07) is 18.1. The van der Waals surface area contributed by atoms with Gasteiger partial charge in [-0.1, -0.05) is 37.3 Å². The van der Waals surface area contributed by atoms with Crippen LogP contribution in [0.4, 0.5) is 0 Å². The molecule has 1 amide bonds. The number of sulfonamides is 1. The first-order valence-electron chi connectivity index (χ1n) is 12.0. The third-order valence-corrected chi connectivity index (χ3v) is 7.99. The molecular formula is C27H29N5O3S. The van der Waals surface area contributed by atoms with E-state index in [9.17, 15) is 18.5 Å². The lowest BCUT2D eigenvalue weighted by molar-refractivity contribution is -0.116. The third-order valence-electron chi connectivity index (χ3n) is 6.13. The highest BCUT2D eigenvalue weighted by molar-refractivity contribution is 7.89. The van der Waals surface area contributed by atoms with Gasteiger partial charge in [-0.3, -0.25) is 4.79 Å². The molecule has 0 aliphatic carbocycles. The van der Waals surface area contributed by atoms with Gasteiger partial charge in [-0.05, 0) is 56.0 Å². The number of piperidine rings is 1. The second-order valence-electron chi connectivity index (χ2n) is 8.88. The van der Waals surface area contributed by atoms with Crippen LogP contribution >= 0.6 is 0 Å². The van der Waals surface area contributed by atoms with E-state index in [0.29, 0.717) is 42.4 Å². The minimum Gasteiger partial charge on any atom is -0.352 e. The van der Waals surface area contributed by atoms with E-state index in [-0.39, 0.29) is 10.5 Å². The lowest BCUT2D eigenvalue weighted by Gasteiger charge is -2.30. The number of likely N-dealkylation sites (N-methyl/N-ethyl adjacent to an activating group) is 1. The van der Waals surface area contributed by atoms with Crippen LogP contribution in [0.1, 0.15) is 32.3 Å². The van der Waals surface area contributed by atoms with Gasteiger partial charge >= 0.3 is 0 Å². The van der Waals surface area contributed by atoms with E-state index >= 15 is 0 Å². The van der Waals surface area contributed by atoms with Crippen LogP contribution < -0.4 is 5.32 Å². The summed E-state index contributed by atoms with van der Waals surface area (Å²) in [6.07, 6.45) is 5.08. The molecule has 9 heteroatoms. The van der Waals surface area contributed by atoms with Crippen LogP contribution in [0.3, 0.4) is 0 Å². The Morgan fingerprint density at radius 2 is 2.00 bits per heavy atom. The van der Waals surface area contributed by atoms with Gasteiger partial charge in [-0.25, -0.2) is 13.1 Å². The number of hydrogen-bond donors (Lipinski definition) is 1. The number of carbonyl (C=O) groups excluding carboxylic acids is 1. The van der Waals surface area contributed by atoms with Crippen molar-refractivity contribution in [2.24, 2.45) is 5.92 Å². The molecule has 0 saturated carbocycles. The minimum absolute atomic E-state index is 0.0585. The Kier molecular flexibility index (Phi) is 7.67. The number of amides is 1. The molecule has 2 aromatic carbocycles. The van der Waals surface area contributed by atoms with Gasteiger partial charge in [0.2, 0.25) is 10.0 Å². The SMILES string of the molecule is CCNC(=O)/C(C#N)=C\c1cn(-c2ccccc2)nc1-c1cccc(S(=O)(=O)N2CCCC(C)C2)c1. The maximum Gasteiger partial charge on any atom is 0.261 e. The smallest absolute Gasteiger partial charge is 0.261 e. The average Bonchev–Trinajstić information content (AvgIpc) is 3.32. The maximum atomic E-state index is 13.4. The number of nitrogens with one attached hydrogen (secondary N) is 1. The molecule has 1 aliphatic heterocycles. The van der Waals surface area contributed by atoms with Gasteiger partial charge < -0.3 is 5.32 Å². The summed E-state index contributed by atoms with van der Waals surface area (Å²) >= 11 is 0. The molecule has 2 heterocycles. The standard InChI is InChI=1S/C27H29N5O3S/c1-3-29-27(33)22(17-28)15-23-19-32(24-11-5-4-6-12-24)30-26(23)21-10-7-13-25(16-21)36(34,35)31-14-8-9-20(2)18-31/h4-7,10-13,15-16,19-20H,3,8-9,14,18H2,1-2H3,(H,29,33)/b22-15-. The van der Waals surface area contributed by atoms with Crippen LogP contribution in [-0.2, 0) is 14.8 Å². The van der Waals surface area contributed by atoms with Crippen LogP contribution in [0.25, 0.3) is 23.0 Å². The predicted molar refractivity (Wildman–Crippen MR) is 138 cm³/mol. The summed E-state index contributed by atoms with van der Waals surface area (Å²) in [5.74, 6) is -0.164. The molecule has 0 spiro atoms. The van der Waals surface area contributed by atoms with Crippen molar-refractivity contribution in [3.05, 3.63) is 71.9 Å². The Balaban J connectivity index is 1.81. The Hall–Kier alpha value is -3.74. The fourth-order valence-electron chi connectivity index (χ4n) is 4.31. The third kappa shape index (κ3) is 5.40. The Bertz CT molecular complexity index is 1420. The molecule has 1 fully saturated rings. The van der Waals surface area contributed by atoms with Crippen molar-refractivity contribution in [1.29, 1.82) is 5.26 Å². The molecule has 1 saturated heterocycles. The molecule has 1 unspecified atom stereocenters. The molecule has 186 valence electrons. The van der Waals surface area contributed by atoms with Crippen molar-refractivity contribution >= 4 is 22.0 Å². The Labute approximate surface area is 211 Å². The number of nitrogens with zero attached hydrogens (tertiary/aromatic N) is 4. The van der Waals surface area contributed by atoms with Gasteiger partial charge in [-0.15, -0.1) is 0 Å². The monoisotopic (exact) mass is 503 g/mol. The number of aromatic nitrogens is 2. The van der Waals surface area contributed by atoms with Crippen molar-refractivity contribution in [2.75, 3.05) is 19.6 Å². The van der Waals surface area contributed by atoms with E-state index in [0.717, 1.165) is 18.5 Å². The number of carbonyl (C=O) groups is 1. The fourth-order valence-corrected chi connectivity index (χ4v) is 5.95. The average molecular weight is 504 g/mol. The first-order valence-corrected chi connectivity index (χ1v) is 13.4. The highest BCUT2D eigenvalue weighted by atomic mass is 32.2. The van der Waals surface area contributed by atoms with E-state index in [1.165, 1.54) is 6.08 Å². The Morgan fingerprint density at radius 1 is 1.22 bits per heavy atom. The van der Waals surface area contributed by atoms with Crippen molar-refractivity contribution < 1.29 is 13.2 Å². The summed E-state index contributed by atoms with van der Waals surface area (Å²) in [4.78, 5) is 12.6. The largest absolute Gasteiger partial charge is 0.352 e. The zero-order chi connectivity index (χ0) is 25.7. The van der Waals surface area contributed by atoms with Crippen LogP contribution in [0.15, 0.2) is 71.3 Å². The molecule has 4 rings (SSSR count). The normalized spacial score (nSPS) is 16.9. The van der Waals surface area contributed by atoms with Gasteiger partial charge in [0.25, 0.3) is 5.91 Å². The van der Waals surface area contributed by atoms with Gasteiger partial charge in [0, 0.05) is 37.0 Å². The number of hydrogen-bond acceptors (Lipinski definition) is 5. The van der Waals surface area contributed by atoms with Crippen molar-refractivity contribution in [1.82, 2.24) is 19.4 Å². The summed E-state index contributed by atoms with van der Waals surface area (Å²) in [6.45, 7) is 5.24. The maximum absolute atomic E-state index is 13.4. The quantitative estimate of drug-likeness (QED) is 0.387. The summed E-state index contributed by atoms with van der Waals surface area (Å²) in [5, 5.41) is 17.0. The first kappa shape index (κ1) is 25.4. The Morgan fingerprint density at radius 3 is 2.69 bits per heavy atom. The number of rotatable bonds is 7. The molecule has 0 bridgehead atoms. The summed E-state index contributed by atoms with van der Waals surface area (Å²) in [5.41, 5.74) is 2.32. The molecule has 0 radical (unpaired) electrons.